The van der Waals surface area contributed by atoms with Gasteiger partial charge in [0.15, 0.2) is 11.6 Å². The second kappa shape index (κ2) is 4.26. The van der Waals surface area contributed by atoms with E-state index in [0.29, 0.717) is 11.7 Å². The second-order valence-electron chi connectivity index (χ2n) is 4.89. The number of nitrogens with zero attached hydrogens (tertiary/aromatic N) is 1. The van der Waals surface area contributed by atoms with Crippen LogP contribution in [-0.2, 0) is 0 Å². The molecule has 0 aromatic heterocycles. The molecule has 1 N–H and O–H groups in total. The Kier molecular flexibility index (Phi) is 2.74. The molecule has 2 nitrogen and oxygen atoms in total. The summed E-state index contributed by atoms with van der Waals surface area (Å²) in [5.74, 6) is -1.54. The Morgan fingerprint density at radius 3 is 2.94 bits per heavy atom. The first-order valence-corrected chi connectivity index (χ1v) is 6.20. The quantitative estimate of drug-likeness (QED) is 0.852. The molecule has 17 heavy (non-hydrogen) atoms. The summed E-state index contributed by atoms with van der Waals surface area (Å²) in [7, 11) is 0. The van der Waals surface area contributed by atoms with Crippen molar-refractivity contribution in [2.45, 2.75) is 31.3 Å². The van der Waals surface area contributed by atoms with Crippen molar-refractivity contribution < 1.29 is 8.78 Å². The highest BCUT2D eigenvalue weighted by Crippen LogP contribution is 2.30. The van der Waals surface area contributed by atoms with Crippen LogP contribution in [0.25, 0.3) is 0 Å². The van der Waals surface area contributed by atoms with Crippen LogP contribution < -0.4 is 5.32 Å². The van der Waals surface area contributed by atoms with Crippen LogP contribution in [0.1, 0.15) is 19.3 Å². The van der Waals surface area contributed by atoms with Crippen LogP contribution in [0, 0.1) is 11.6 Å². The number of benzene rings is 1. The topological polar surface area (TPSA) is 15.3 Å². The van der Waals surface area contributed by atoms with Gasteiger partial charge in [0.1, 0.15) is 0 Å². The smallest absolute Gasteiger partial charge is 0.181 e. The minimum Gasteiger partial charge on any atom is -0.378 e. The molecular weight excluding hydrogens is 222 g/mol. The summed E-state index contributed by atoms with van der Waals surface area (Å²) in [6, 6.07) is 5.06. The Morgan fingerprint density at radius 1 is 1.18 bits per heavy atom. The summed E-state index contributed by atoms with van der Waals surface area (Å²) >= 11 is 0. The summed E-state index contributed by atoms with van der Waals surface area (Å²) in [4.78, 5) is 2.44. The summed E-state index contributed by atoms with van der Waals surface area (Å²) < 4.78 is 26.6. The van der Waals surface area contributed by atoms with Crippen LogP contribution in [0.3, 0.4) is 0 Å². The molecular formula is C13H16F2N2. The number of hydrogen-bond acceptors (Lipinski definition) is 2. The number of halogens is 2. The molecule has 1 aromatic carbocycles. The monoisotopic (exact) mass is 238 g/mol. The zero-order valence-corrected chi connectivity index (χ0v) is 9.63. The van der Waals surface area contributed by atoms with Crippen LogP contribution >= 0.6 is 0 Å². The maximum atomic E-state index is 13.5. The molecule has 2 aliphatic rings. The van der Waals surface area contributed by atoms with E-state index >= 15 is 0 Å². The second-order valence-corrected chi connectivity index (χ2v) is 4.89. The summed E-state index contributed by atoms with van der Waals surface area (Å²) in [6.07, 6.45) is 3.39. The Balaban J connectivity index is 1.76. The highest BCUT2D eigenvalue weighted by atomic mass is 19.2. The molecule has 2 fully saturated rings. The SMILES string of the molecule is Fc1cccc(NC2CCN3CCCC23)c1F. The van der Waals surface area contributed by atoms with Crippen molar-refractivity contribution in [1.82, 2.24) is 4.90 Å². The molecule has 0 bridgehead atoms. The highest BCUT2D eigenvalue weighted by molar-refractivity contribution is 5.46. The molecule has 0 spiro atoms. The van der Waals surface area contributed by atoms with E-state index in [-0.39, 0.29) is 6.04 Å². The maximum Gasteiger partial charge on any atom is 0.181 e. The average molecular weight is 238 g/mol. The molecule has 2 saturated heterocycles. The Labute approximate surface area is 99.6 Å². The molecule has 2 unspecified atom stereocenters. The van der Waals surface area contributed by atoms with Gasteiger partial charge in [-0.1, -0.05) is 6.07 Å². The van der Waals surface area contributed by atoms with Gasteiger partial charge in [-0.15, -0.1) is 0 Å². The molecule has 3 rings (SSSR count). The van der Waals surface area contributed by atoms with E-state index < -0.39 is 11.6 Å². The van der Waals surface area contributed by atoms with Crippen LogP contribution in [0.5, 0.6) is 0 Å². The number of rotatable bonds is 2. The van der Waals surface area contributed by atoms with Crippen molar-refractivity contribution in [2.75, 3.05) is 18.4 Å². The molecule has 92 valence electrons. The van der Waals surface area contributed by atoms with Gasteiger partial charge in [0.05, 0.1) is 5.69 Å². The van der Waals surface area contributed by atoms with E-state index in [4.69, 9.17) is 0 Å². The predicted molar refractivity (Wildman–Crippen MR) is 63.0 cm³/mol. The fourth-order valence-electron chi connectivity index (χ4n) is 3.07. The van der Waals surface area contributed by atoms with Gasteiger partial charge in [-0.25, -0.2) is 8.78 Å². The van der Waals surface area contributed by atoms with E-state index in [2.05, 4.69) is 10.2 Å². The van der Waals surface area contributed by atoms with Crippen LogP contribution in [0.2, 0.25) is 0 Å². The number of hydrogen-bond donors (Lipinski definition) is 1. The van der Waals surface area contributed by atoms with Gasteiger partial charge in [0, 0.05) is 18.6 Å². The standard InChI is InChI=1S/C13H16F2N2/c14-9-3-1-4-11(13(9)15)16-10-6-8-17-7-2-5-12(10)17/h1,3-4,10,12,16H,2,5-8H2. The van der Waals surface area contributed by atoms with Crippen molar-refractivity contribution in [3.8, 4) is 0 Å². The zero-order chi connectivity index (χ0) is 11.8. The fourth-order valence-corrected chi connectivity index (χ4v) is 3.07. The van der Waals surface area contributed by atoms with Crippen LogP contribution in [0.4, 0.5) is 14.5 Å². The highest BCUT2D eigenvalue weighted by Gasteiger charge is 2.37. The van der Waals surface area contributed by atoms with Crippen LogP contribution in [0.15, 0.2) is 18.2 Å². The van der Waals surface area contributed by atoms with E-state index in [9.17, 15) is 8.78 Å². The van der Waals surface area contributed by atoms with Gasteiger partial charge in [0.25, 0.3) is 0 Å². The van der Waals surface area contributed by atoms with Crippen molar-refractivity contribution >= 4 is 5.69 Å². The summed E-state index contributed by atoms with van der Waals surface area (Å²) in [5.41, 5.74) is 0.295. The molecule has 0 aliphatic carbocycles. The molecule has 0 saturated carbocycles. The van der Waals surface area contributed by atoms with E-state index in [0.717, 1.165) is 32.0 Å². The first-order valence-electron chi connectivity index (χ1n) is 6.20. The fraction of sp³-hybridized carbons (Fsp3) is 0.538. The normalized spacial score (nSPS) is 28.4. The van der Waals surface area contributed by atoms with Gasteiger partial charge in [-0.3, -0.25) is 4.90 Å². The lowest BCUT2D eigenvalue weighted by molar-refractivity contribution is 0.318. The van der Waals surface area contributed by atoms with Gasteiger partial charge >= 0.3 is 0 Å². The molecule has 1 aromatic rings. The van der Waals surface area contributed by atoms with Gasteiger partial charge in [0.2, 0.25) is 0 Å². The Morgan fingerprint density at radius 2 is 2.06 bits per heavy atom. The van der Waals surface area contributed by atoms with Crippen molar-refractivity contribution in [3.63, 3.8) is 0 Å². The molecule has 0 radical (unpaired) electrons. The number of fused-ring (bicyclic) bond motifs is 1. The molecule has 4 heteroatoms. The molecule has 2 heterocycles. The first kappa shape index (κ1) is 11.0. The van der Waals surface area contributed by atoms with Crippen molar-refractivity contribution in [1.29, 1.82) is 0 Å². The summed E-state index contributed by atoms with van der Waals surface area (Å²) in [5, 5.41) is 3.16. The van der Waals surface area contributed by atoms with Crippen molar-refractivity contribution in [3.05, 3.63) is 29.8 Å². The summed E-state index contributed by atoms with van der Waals surface area (Å²) in [6.45, 7) is 2.22. The maximum absolute atomic E-state index is 13.5. The minimum absolute atomic E-state index is 0.258. The minimum atomic E-state index is -0.781. The lowest BCUT2D eigenvalue weighted by atomic mass is 10.1. The lowest BCUT2D eigenvalue weighted by Crippen LogP contribution is -2.34. The Hall–Kier alpha value is -1.16. The molecule has 2 aliphatic heterocycles. The van der Waals surface area contributed by atoms with E-state index in [1.165, 1.54) is 6.42 Å². The first-order chi connectivity index (χ1) is 8.25. The molecule has 0 amide bonds. The molecule has 2 atom stereocenters. The van der Waals surface area contributed by atoms with E-state index in [1.807, 2.05) is 0 Å². The number of nitrogens with one attached hydrogen (secondary N) is 1. The Bertz CT molecular complexity index is 422. The zero-order valence-electron chi connectivity index (χ0n) is 9.63. The van der Waals surface area contributed by atoms with Crippen LogP contribution in [-0.4, -0.2) is 30.1 Å². The van der Waals surface area contributed by atoms with Gasteiger partial charge in [-0.05, 0) is 37.9 Å². The predicted octanol–water partition coefficient (Wildman–Crippen LogP) is 2.61. The number of anilines is 1. The van der Waals surface area contributed by atoms with E-state index in [1.54, 1.807) is 12.1 Å². The third-order valence-electron chi connectivity index (χ3n) is 3.90. The average Bonchev–Trinajstić information content (AvgIpc) is 2.89. The van der Waals surface area contributed by atoms with Gasteiger partial charge < -0.3 is 5.32 Å². The lowest BCUT2D eigenvalue weighted by Gasteiger charge is -2.22. The van der Waals surface area contributed by atoms with Crippen molar-refractivity contribution in [2.24, 2.45) is 0 Å². The van der Waals surface area contributed by atoms with Gasteiger partial charge in [-0.2, -0.15) is 0 Å². The third kappa shape index (κ3) is 1.90. The largest absolute Gasteiger partial charge is 0.378 e. The third-order valence-corrected chi connectivity index (χ3v) is 3.90.